The molecular formula is C16H22N4O4. The predicted octanol–water partition coefficient (Wildman–Crippen LogP) is -0.0395. The summed E-state index contributed by atoms with van der Waals surface area (Å²) in [5, 5.41) is 20.4. The number of benzene rings is 1. The zero-order valence-corrected chi connectivity index (χ0v) is 13.6. The van der Waals surface area contributed by atoms with Gasteiger partial charge in [-0.05, 0) is 12.1 Å². The van der Waals surface area contributed by atoms with Gasteiger partial charge >= 0.3 is 0 Å². The van der Waals surface area contributed by atoms with Gasteiger partial charge in [-0.2, -0.15) is 5.10 Å². The summed E-state index contributed by atoms with van der Waals surface area (Å²) in [6, 6.07) is 3.46. The molecule has 1 aromatic heterocycles. The van der Waals surface area contributed by atoms with Crippen molar-refractivity contribution < 1.29 is 19.4 Å². The van der Waals surface area contributed by atoms with E-state index in [0.29, 0.717) is 30.4 Å². The van der Waals surface area contributed by atoms with E-state index in [4.69, 9.17) is 9.47 Å². The lowest BCUT2D eigenvalue weighted by Gasteiger charge is -2.26. The van der Waals surface area contributed by atoms with E-state index < -0.39 is 6.79 Å². The third-order valence-corrected chi connectivity index (χ3v) is 4.04. The lowest BCUT2D eigenvalue weighted by atomic mass is 10.0. The average Bonchev–Trinajstić information content (AvgIpc) is 2.95. The van der Waals surface area contributed by atoms with Gasteiger partial charge < -0.3 is 25.2 Å². The topological polar surface area (TPSA) is 97.6 Å². The van der Waals surface area contributed by atoms with Crippen LogP contribution in [0.15, 0.2) is 18.3 Å². The van der Waals surface area contributed by atoms with Crippen LogP contribution in [0.3, 0.4) is 0 Å². The van der Waals surface area contributed by atoms with Crippen molar-refractivity contribution in [2.24, 2.45) is 5.92 Å². The molecule has 0 atom stereocenters. The van der Waals surface area contributed by atoms with Gasteiger partial charge in [-0.3, -0.25) is 9.48 Å². The number of nitrogens with one attached hydrogen (secondary N) is 2. The summed E-state index contributed by atoms with van der Waals surface area (Å²) in [7, 11) is 1.57. The smallest absolute Gasteiger partial charge is 0.255 e. The first-order valence-electron chi connectivity index (χ1n) is 7.94. The molecule has 0 spiro atoms. The van der Waals surface area contributed by atoms with Gasteiger partial charge in [0.15, 0.2) is 6.79 Å². The molecule has 0 bridgehead atoms. The number of carbonyl (C=O) groups is 1. The summed E-state index contributed by atoms with van der Waals surface area (Å²) < 4.78 is 12.1. The Labute approximate surface area is 139 Å². The van der Waals surface area contributed by atoms with Gasteiger partial charge in [0.25, 0.3) is 5.91 Å². The van der Waals surface area contributed by atoms with E-state index in [9.17, 15) is 9.90 Å². The van der Waals surface area contributed by atoms with E-state index in [0.717, 1.165) is 30.5 Å². The van der Waals surface area contributed by atoms with Crippen LogP contribution in [0.4, 0.5) is 0 Å². The number of aliphatic hydroxyl groups is 1. The molecule has 3 N–H and O–H groups in total. The molecule has 1 aliphatic rings. The first kappa shape index (κ1) is 16.7. The standard InChI is InChI=1S/C16H22N4O4/c1-23-5-4-18-16(22)12-2-3-14-13(15(12)24-10-21)9-20(19-14)8-11-6-17-7-11/h2-3,9,11,17,21H,4-8,10H2,1H3,(H,18,22). The van der Waals surface area contributed by atoms with E-state index >= 15 is 0 Å². The number of amides is 1. The lowest BCUT2D eigenvalue weighted by Crippen LogP contribution is -2.44. The average molecular weight is 334 g/mol. The van der Waals surface area contributed by atoms with E-state index in [1.54, 1.807) is 19.2 Å². The fourth-order valence-corrected chi connectivity index (χ4v) is 2.71. The highest BCUT2D eigenvalue weighted by Crippen LogP contribution is 2.30. The van der Waals surface area contributed by atoms with Crippen LogP contribution >= 0.6 is 0 Å². The minimum absolute atomic E-state index is 0.270. The Bertz CT molecular complexity index is 711. The normalized spacial score (nSPS) is 14.6. The molecule has 1 saturated heterocycles. The minimum atomic E-state index is -0.505. The SMILES string of the molecule is COCCNC(=O)c1ccc2nn(CC3CNC3)cc2c1OCO. The number of methoxy groups -OCH3 is 1. The fourth-order valence-electron chi connectivity index (χ4n) is 2.71. The van der Waals surface area contributed by atoms with Crippen molar-refractivity contribution >= 4 is 16.8 Å². The number of ether oxygens (including phenoxy) is 2. The molecule has 1 aromatic carbocycles. The predicted molar refractivity (Wildman–Crippen MR) is 88.0 cm³/mol. The van der Waals surface area contributed by atoms with E-state index in [-0.39, 0.29) is 5.91 Å². The number of hydrogen-bond donors (Lipinski definition) is 3. The fraction of sp³-hybridized carbons (Fsp3) is 0.500. The number of fused-ring (bicyclic) bond motifs is 1. The van der Waals surface area contributed by atoms with Gasteiger partial charge in [-0.1, -0.05) is 0 Å². The summed E-state index contributed by atoms with van der Waals surface area (Å²) >= 11 is 0. The van der Waals surface area contributed by atoms with Crippen LogP contribution in [-0.4, -0.2) is 60.9 Å². The second-order valence-corrected chi connectivity index (χ2v) is 5.77. The van der Waals surface area contributed by atoms with Crippen molar-refractivity contribution in [2.75, 3.05) is 40.1 Å². The Morgan fingerprint density at radius 3 is 3.00 bits per heavy atom. The highest BCUT2D eigenvalue weighted by atomic mass is 16.6. The molecule has 1 amide bonds. The van der Waals surface area contributed by atoms with Gasteiger partial charge in [-0.15, -0.1) is 0 Å². The molecule has 0 aliphatic carbocycles. The highest BCUT2D eigenvalue weighted by Gasteiger charge is 2.20. The molecule has 2 aromatic rings. The van der Waals surface area contributed by atoms with Crippen LogP contribution in [0.5, 0.6) is 5.75 Å². The highest BCUT2D eigenvalue weighted by molar-refractivity contribution is 6.03. The van der Waals surface area contributed by atoms with Crippen LogP contribution in [-0.2, 0) is 11.3 Å². The van der Waals surface area contributed by atoms with Crippen LogP contribution in [0.2, 0.25) is 0 Å². The summed E-state index contributed by atoms with van der Waals surface area (Å²) in [6.45, 7) is 3.12. The number of carbonyl (C=O) groups excluding carboxylic acids is 1. The zero-order chi connectivity index (χ0) is 16.9. The molecule has 1 fully saturated rings. The second-order valence-electron chi connectivity index (χ2n) is 5.77. The van der Waals surface area contributed by atoms with Gasteiger partial charge in [0.2, 0.25) is 0 Å². The van der Waals surface area contributed by atoms with Crippen molar-refractivity contribution in [3.63, 3.8) is 0 Å². The molecule has 1 aliphatic heterocycles. The Morgan fingerprint density at radius 2 is 2.33 bits per heavy atom. The van der Waals surface area contributed by atoms with E-state index in [2.05, 4.69) is 15.7 Å². The van der Waals surface area contributed by atoms with Crippen LogP contribution < -0.4 is 15.4 Å². The molecule has 24 heavy (non-hydrogen) atoms. The Balaban J connectivity index is 1.87. The third-order valence-electron chi connectivity index (χ3n) is 4.04. The van der Waals surface area contributed by atoms with Crippen molar-refractivity contribution in [2.45, 2.75) is 6.54 Å². The number of aromatic nitrogens is 2. The van der Waals surface area contributed by atoms with Crippen molar-refractivity contribution in [1.82, 2.24) is 20.4 Å². The Kier molecular flexibility index (Phi) is 5.29. The van der Waals surface area contributed by atoms with Crippen molar-refractivity contribution in [3.05, 3.63) is 23.9 Å². The Morgan fingerprint density at radius 1 is 1.50 bits per heavy atom. The molecule has 8 heteroatoms. The van der Waals surface area contributed by atoms with Crippen molar-refractivity contribution in [3.8, 4) is 5.75 Å². The first-order chi connectivity index (χ1) is 11.7. The maximum atomic E-state index is 12.3. The van der Waals surface area contributed by atoms with Crippen LogP contribution in [0, 0.1) is 5.92 Å². The molecule has 8 nitrogen and oxygen atoms in total. The lowest BCUT2D eigenvalue weighted by molar-refractivity contribution is 0.0890. The zero-order valence-electron chi connectivity index (χ0n) is 13.6. The molecular weight excluding hydrogens is 312 g/mol. The molecule has 3 rings (SSSR count). The second kappa shape index (κ2) is 7.61. The minimum Gasteiger partial charge on any atom is -0.466 e. The van der Waals surface area contributed by atoms with E-state index in [1.165, 1.54) is 0 Å². The van der Waals surface area contributed by atoms with Crippen LogP contribution in [0.1, 0.15) is 10.4 Å². The Hall–Kier alpha value is -2.16. The molecule has 0 saturated carbocycles. The van der Waals surface area contributed by atoms with Gasteiger partial charge in [0, 0.05) is 45.4 Å². The van der Waals surface area contributed by atoms with Crippen molar-refractivity contribution in [1.29, 1.82) is 0 Å². The number of nitrogens with zero attached hydrogens (tertiary/aromatic N) is 2. The van der Waals surface area contributed by atoms with Gasteiger partial charge in [0.1, 0.15) is 5.75 Å². The van der Waals surface area contributed by atoms with E-state index in [1.807, 2.05) is 10.9 Å². The maximum absolute atomic E-state index is 12.3. The molecule has 0 radical (unpaired) electrons. The number of hydrogen-bond acceptors (Lipinski definition) is 6. The largest absolute Gasteiger partial charge is 0.466 e. The summed E-state index contributed by atoms with van der Waals surface area (Å²) in [5.74, 6) is 0.648. The van der Waals surface area contributed by atoms with Gasteiger partial charge in [-0.25, -0.2) is 0 Å². The van der Waals surface area contributed by atoms with Gasteiger partial charge in [0.05, 0.1) is 23.1 Å². The summed E-state index contributed by atoms with van der Waals surface area (Å²) in [4.78, 5) is 12.3. The third kappa shape index (κ3) is 3.50. The summed E-state index contributed by atoms with van der Waals surface area (Å²) in [6.07, 6.45) is 1.87. The maximum Gasteiger partial charge on any atom is 0.255 e. The number of aliphatic hydroxyl groups excluding tert-OH is 1. The first-order valence-corrected chi connectivity index (χ1v) is 7.94. The number of rotatable bonds is 8. The summed E-state index contributed by atoms with van der Waals surface area (Å²) in [5.41, 5.74) is 1.11. The quantitative estimate of drug-likeness (QED) is 0.463. The molecule has 2 heterocycles. The monoisotopic (exact) mass is 334 g/mol. The van der Waals surface area contributed by atoms with Crippen LogP contribution in [0.25, 0.3) is 10.9 Å². The molecule has 0 unspecified atom stereocenters. The molecule has 130 valence electrons.